The Hall–Kier alpha value is -0.300. The molecular formula is C14H25N. The highest BCUT2D eigenvalue weighted by Gasteiger charge is 2.27. The highest BCUT2D eigenvalue weighted by Crippen LogP contribution is 2.36. The highest BCUT2D eigenvalue weighted by atomic mass is 14.9. The van der Waals surface area contributed by atoms with Crippen LogP contribution in [-0.4, -0.2) is 12.6 Å². The fourth-order valence-electron chi connectivity index (χ4n) is 2.55. The van der Waals surface area contributed by atoms with Crippen LogP contribution in [0.5, 0.6) is 0 Å². The lowest BCUT2D eigenvalue weighted by atomic mass is 9.91. The van der Waals surface area contributed by atoms with E-state index in [9.17, 15) is 0 Å². The van der Waals surface area contributed by atoms with E-state index in [1.165, 1.54) is 57.9 Å². The van der Waals surface area contributed by atoms with Gasteiger partial charge >= 0.3 is 0 Å². The van der Waals surface area contributed by atoms with E-state index in [1.54, 1.807) is 5.57 Å². The van der Waals surface area contributed by atoms with Crippen molar-refractivity contribution in [2.24, 2.45) is 5.92 Å². The molecule has 0 aromatic rings. The lowest BCUT2D eigenvalue weighted by Crippen LogP contribution is -2.32. The average molecular weight is 207 g/mol. The SMILES string of the molecule is CCCNC(CC1CC1)C1=CCCCC1. The lowest BCUT2D eigenvalue weighted by molar-refractivity contribution is 0.480. The summed E-state index contributed by atoms with van der Waals surface area (Å²) in [4.78, 5) is 0. The van der Waals surface area contributed by atoms with Gasteiger partial charge in [0.1, 0.15) is 0 Å². The molecule has 86 valence electrons. The van der Waals surface area contributed by atoms with E-state index in [0.29, 0.717) is 0 Å². The molecule has 15 heavy (non-hydrogen) atoms. The maximum Gasteiger partial charge on any atom is 0.0282 e. The van der Waals surface area contributed by atoms with Crippen molar-refractivity contribution in [3.8, 4) is 0 Å². The normalized spacial score (nSPS) is 23.7. The van der Waals surface area contributed by atoms with E-state index in [4.69, 9.17) is 0 Å². The standard InChI is InChI=1S/C14H25N/c1-2-10-15-14(11-12-8-9-12)13-6-4-3-5-7-13/h6,12,14-15H,2-5,7-11H2,1H3. The van der Waals surface area contributed by atoms with Gasteiger partial charge in [-0.1, -0.05) is 31.4 Å². The van der Waals surface area contributed by atoms with Gasteiger partial charge in [-0.05, 0) is 51.0 Å². The molecule has 1 saturated carbocycles. The molecule has 2 rings (SSSR count). The van der Waals surface area contributed by atoms with Crippen molar-refractivity contribution in [3.05, 3.63) is 11.6 Å². The molecule has 0 heterocycles. The van der Waals surface area contributed by atoms with E-state index in [0.717, 1.165) is 12.0 Å². The van der Waals surface area contributed by atoms with Gasteiger partial charge in [-0.15, -0.1) is 0 Å². The minimum atomic E-state index is 0.720. The molecular weight excluding hydrogens is 182 g/mol. The van der Waals surface area contributed by atoms with Gasteiger partial charge in [-0.3, -0.25) is 0 Å². The van der Waals surface area contributed by atoms with Crippen LogP contribution >= 0.6 is 0 Å². The summed E-state index contributed by atoms with van der Waals surface area (Å²) in [5, 5.41) is 3.74. The van der Waals surface area contributed by atoms with Crippen LogP contribution in [0.25, 0.3) is 0 Å². The van der Waals surface area contributed by atoms with Gasteiger partial charge in [0.25, 0.3) is 0 Å². The van der Waals surface area contributed by atoms with Crippen molar-refractivity contribution in [1.29, 1.82) is 0 Å². The smallest absolute Gasteiger partial charge is 0.0282 e. The summed E-state index contributed by atoms with van der Waals surface area (Å²) in [6, 6.07) is 0.720. The number of hydrogen-bond acceptors (Lipinski definition) is 1. The molecule has 2 aliphatic rings. The van der Waals surface area contributed by atoms with E-state index in [-0.39, 0.29) is 0 Å². The third-order valence-electron chi connectivity index (χ3n) is 3.68. The molecule has 0 amide bonds. The molecule has 1 nitrogen and oxygen atoms in total. The van der Waals surface area contributed by atoms with Gasteiger partial charge in [-0.25, -0.2) is 0 Å². The fourth-order valence-corrected chi connectivity index (χ4v) is 2.55. The molecule has 0 aliphatic heterocycles. The third-order valence-corrected chi connectivity index (χ3v) is 3.68. The molecule has 0 aromatic carbocycles. The molecule has 1 unspecified atom stereocenters. The number of hydrogen-bond donors (Lipinski definition) is 1. The largest absolute Gasteiger partial charge is 0.310 e. The highest BCUT2D eigenvalue weighted by molar-refractivity contribution is 5.14. The van der Waals surface area contributed by atoms with Crippen molar-refractivity contribution >= 4 is 0 Å². The molecule has 0 aromatic heterocycles. The summed E-state index contributed by atoms with van der Waals surface area (Å²) < 4.78 is 0. The van der Waals surface area contributed by atoms with Crippen LogP contribution in [-0.2, 0) is 0 Å². The average Bonchev–Trinajstić information content (AvgIpc) is 3.09. The zero-order valence-electron chi connectivity index (χ0n) is 10.1. The maximum atomic E-state index is 3.74. The molecule has 1 atom stereocenters. The van der Waals surface area contributed by atoms with Gasteiger partial charge in [0.05, 0.1) is 0 Å². The first kappa shape index (κ1) is 11.2. The van der Waals surface area contributed by atoms with Crippen LogP contribution in [0, 0.1) is 5.92 Å². The van der Waals surface area contributed by atoms with Crippen molar-refractivity contribution in [2.75, 3.05) is 6.54 Å². The minimum absolute atomic E-state index is 0.720. The number of rotatable bonds is 6. The van der Waals surface area contributed by atoms with Crippen LogP contribution in [0.2, 0.25) is 0 Å². The van der Waals surface area contributed by atoms with E-state index in [1.807, 2.05) is 0 Å². The number of nitrogens with one attached hydrogen (secondary N) is 1. The zero-order chi connectivity index (χ0) is 10.5. The predicted molar refractivity (Wildman–Crippen MR) is 66.0 cm³/mol. The monoisotopic (exact) mass is 207 g/mol. The van der Waals surface area contributed by atoms with Crippen LogP contribution in [0.15, 0.2) is 11.6 Å². The summed E-state index contributed by atoms with van der Waals surface area (Å²) in [5.41, 5.74) is 1.72. The Morgan fingerprint density at radius 1 is 1.40 bits per heavy atom. The van der Waals surface area contributed by atoms with Gasteiger partial charge in [-0.2, -0.15) is 0 Å². The van der Waals surface area contributed by atoms with Crippen molar-refractivity contribution in [2.45, 2.75) is 64.3 Å². The third kappa shape index (κ3) is 3.64. The fraction of sp³-hybridized carbons (Fsp3) is 0.857. The van der Waals surface area contributed by atoms with Gasteiger partial charge in [0, 0.05) is 6.04 Å². The zero-order valence-corrected chi connectivity index (χ0v) is 10.1. The Morgan fingerprint density at radius 3 is 2.87 bits per heavy atom. The molecule has 0 saturated heterocycles. The quantitative estimate of drug-likeness (QED) is 0.655. The topological polar surface area (TPSA) is 12.0 Å². The van der Waals surface area contributed by atoms with Crippen molar-refractivity contribution in [3.63, 3.8) is 0 Å². The Kier molecular flexibility index (Phi) is 4.25. The predicted octanol–water partition coefficient (Wildman–Crippen LogP) is 3.66. The Labute approximate surface area is 94.3 Å². The van der Waals surface area contributed by atoms with Crippen molar-refractivity contribution < 1.29 is 0 Å². The second kappa shape index (κ2) is 5.69. The molecule has 0 radical (unpaired) electrons. The van der Waals surface area contributed by atoms with Crippen molar-refractivity contribution in [1.82, 2.24) is 5.32 Å². The second-order valence-corrected chi connectivity index (χ2v) is 5.21. The van der Waals surface area contributed by atoms with Gasteiger partial charge < -0.3 is 5.32 Å². The first-order chi connectivity index (χ1) is 7.40. The molecule has 0 spiro atoms. The Bertz CT molecular complexity index is 215. The molecule has 1 heteroatoms. The first-order valence-corrected chi connectivity index (χ1v) is 6.82. The van der Waals surface area contributed by atoms with Gasteiger partial charge in [0.15, 0.2) is 0 Å². The van der Waals surface area contributed by atoms with Crippen LogP contribution in [0.3, 0.4) is 0 Å². The van der Waals surface area contributed by atoms with Crippen LogP contribution in [0.1, 0.15) is 58.3 Å². The lowest BCUT2D eigenvalue weighted by Gasteiger charge is -2.24. The number of allylic oxidation sites excluding steroid dienone is 1. The molecule has 2 aliphatic carbocycles. The summed E-state index contributed by atoms with van der Waals surface area (Å²) >= 11 is 0. The first-order valence-electron chi connectivity index (χ1n) is 6.82. The summed E-state index contributed by atoms with van der Waals surface area (Å²) in [7, 11) is 0. The molecule has 1 N–H and O–H groups in total. The van der Waals surface area contributed by atoms with E-state index < -0.39 is 0 Å². The summed E-state index contributed by atoms with van der Waals surface area (Å²) in [6.45, 7) is 3.45. The summed E-state index contributed by atoms with van der Waals surface area (Å²) in [5.74, 6) is 1.04. The maximum absolute atomic E-state index is 3.74. The van der Waals surface area contributed by atoms with Crippen LogP contribution in [0.4, 0.5) is 0 Å². The van der Waals surface area contributed by atoms with E-state index >= 15 is 0 Å². The molecule has 0 bridgehead atoms. The van der Waals surface area contributed by atoms with E-state index in [2.05, 4.69) is 18.3 Å². The second-order valence-electron chi connectivity index (χ2n) is 5.21. The Morgan fingerprint density at radius 2 is 2.27 bits per heavy atom. The summed E-state index contributed by atoms with van der Waals surface area (Å²) in [6.07, 6.45) is 13.7. The Balaban J connectivity index is 1.86. The molecule has 1 fully saturated rings. The minimum Gasteiger partial charge on any atom is -0.310 e. The van der Waals surface area contributed by atoms with Crippen LogP contribution < -0.4 is 5.32 Å². The van der Waals surface area contributed by atoms with Gasteiger partial charge in [0.2, 0.25) is 0 Å².